The molecule has 0 radical (unpaired) electrons. The van der Waals surface area contributed by atoms with Crippen molar-refractivity contribution >= 4 is 0 Å². The average molecular weight is 222 g/mol. The topological polar surface area (TPSA) is 66.0 Å². The van der Waals surface area contributed by atoms with Crippen LogP contribution in [0.4, 0.5) is 0 Å². The van der Waals surface area contributed by atoms with E-state index in [0.29, 0.717) is 12.6 Å². The Hall–Kier alpha value is -0.940. The number of nitrogens with two attached hydrogens (primary N) is 1. The summed E-state index contributed by atoms with van der Waals surface area (Å²) in [4.78, 5) is 0. The minimum absolute atomic E-state index is 0.418. The van der Waals surface area contributed by atoms with Gasteiger partial charge in [0, 0.05) is 12.6 Å². The van der Waals surface area contributed by atoms with Gasteiger partial charge in [0.25, 0.3) is 0 Å². The van der Waals surface area contributed by atoms with E-state index in [-0.39, 0.29) is 0 Å². The van der Waals surface area contributed by atoms with Crippen molar-refractivity contribution in [3.63, 3.8) is 0 Å². The van der Waals surface area contributed by atoms with Crippen molar-refractivity contribution in [1.29, 1.82) is 0 Å². The van der Waals surface area contributed by atoms with E-state index in [2.05, 4.69) is 14.8 Å². The summed E-state index contributed by atoms with van der Waals surface area (Å²) >= 11 is 0. The summed E-state index contributed by atoms with van der Waals surface area (Å²) in [5, 5.41) is 8.26. The molecule has 2 fully saturated rings. The summed E-state index contributed by atoms with van der Waals surface area (Å²) in [6.45, 7) is 1.30. The smallest absolute Gasteiger partial charge is 0.155 e. The standard InChI is InChI=1S/C11H18N4O/c12-11(5-6-16-7-11)10-14-13-8-15(10)9-3-1-2-4-9/h8-9H,1-7,12H2. The van der Waals surface area contributed by atoms with E-state index < -0.39 is 5.54 Å². The van der Waals surface area contributed by atoms with Crippen molar-refractivity contribution in [2.75, 3.05) is 13.2 Å². The molecule has 16 heavy (non-hydrogen) atoms. The van der Waals surface area contributed by atoms with E-state index in [0.717, 1.165) is 18.9 Å². The van der Waals surface area contributed by atoms with Gasteiger partial charge in [0.2, 0.25) is 0 Å². The van der Waals surface area contributed by atoms with E-state index in [9.17, 15) is 0 Å². The highest BCUT2D eigenvalue weighted by molar-refractivity contribution is 5.09. The second kappa shape index (κ2) is 3.82. The molecule has 0 bridgehead atoms. The highest BCUT2D eigenvalue weighted by Gasteiger charge is 2.38. The second-order valence-electron chi connectivity index (χ2n) is 4.96. The van der Waals surface area contributed by atoms with Gasteiger partial charge >= 0.3 is 0 Å². The molecule has 1 atom stereocenters. The molecule has 5 heteroatoms. The summed E-state index contributed by atoms with van der Waals surface area (Å²) < 4.78 is 7.58. The fraction of sp³-hybridized carbons (Fsp3) is 0.818. The molecule has 0 spiro atoms. The molecular formula is C11H18N4O. The van der Waals surface area contributed by atoms with Crippen molar-refractivity contribution in [3.05, 3.63) is 12.2 Å². The maximum absolute atomic E-state index is 6.34. The maximum Gasteiger partial charge on any atom is 0.155 e. The molecule has 1 saturated carbocycles. The largest absolute Gasteiger partial charge is 0.379 e. The van der Waals surface area contributed by atoms with Crippen LogP contribution in [0.25, 0.3) is 0 Å². The summed E-state index contributed by atoms with van der Waals surface area (Å²) in [5.74, 6) is 0.914. The number of nitrogens with zero attached hydrogens (tertiary/aromatic N) is 3. The van der Waals surface area contributed by atoms with Crippen LogP contribution in [-0.2, 0) is 10.3 Å². The monoisotopic (exact) mass is 222 g/mol. The zero-order chi connectivity index (χ0) is 11.0. The predicted octanol–water partition coefficient (Wildman–Crippen LogP) is 0.967. The number of hydrogen-bond donors (Lipinski definition) is 1. The lowest BCUT2D eigenvalue weighted by Gasteiger charge is -2.24. The fourth-order valence-electron chi connectivity index (χ4n) is 2.81. The van der Waals surface area contributed by atoms with Crippen molar-refractivity contribution in [2.45, 2.75) is 43.7 Å². The van der Waals surface area contributed by atoms with Gasteiger partial charge in [0.15, 0.2) is 5.82 Å². The maximum atomic E-state index is 6.34. The van der Waals surface area contributed by atoms with Crippen LogP contribution in [0.5, 0.6) is 0 Å². The van der Waals surface area contributed by atoms with Gasteiger partial charge < -0.3 is 15.0 Å². The second-order valence-corrected chi connectivity index (χ2v) is 4.96. The molecule has 2 N–H and O–H groups in total. The summed E-state index contributed by atoms with van der Waals surface area (Å²) in [7, 11) is 0. The number of hydrogen-bond acceptors (Lipinski definition) is 4. The lowest BCUT2D eigenvalue weighted by molar-refractivity contribution is 0.174. The van der Waals surface area contributed by atoms with Crippen LogP contribution in [0.3, 0.4) is 0 Å². The highest BCUT2D eigenvalue weighted by Crippen LogP contribution is 2.34. The Morgan fingerprint density at radius 3 is 2.94 bits per heavy atom. The van der Waals surface area contributed by atoms with Gasteiger partial charge in [-0.2, -0.15) is 0 Å². The van der Waals surface area contributed by atoms with Crippen LogP contribution in [0.15, 0.2) is 6.33 Å². The van der Waals surface area contributed by atoms with Gasteiger partial charge in [-0.05, 0) is 19.3 Å². The fourth-order valence-corrected chi connectivity index (χ4v) is 2.81. The number of rotatable bonds is 2. The minimum Gasteiger partial charge on any atom is -0.379 e. The lowest BCUT2D eigenvalue weighted by Crippen LogP contribution is -2.40. The van der Waals surface area contributed by atoms with E-state index in [1.165, 1.54) is 25.7 Å². The zero-order valence-corrected chi connectivity index (χ0v) is 9.43. The predicted molar refractivity (Wildman–Crippen MR) is 58.8 cm³/mol. The van der Waals surface area contributed by atoms with Crippen LogP contribution < -0.4 is 5.73 Å². The number of aromatic nitrogens is 3. The SMILES string of the molecule is NC1(c2nncn2C2CCCC2)CCOC1. The van der Waals surface area contributed by atoms with Gasteiger partial charge in [-0.15, -0.1) is 10.2 Å². The summed E-state index contributed by atoms with van der Waals surface area (Å²) in [6.07, 6.45) is 7.73. The molecule has 2 heterocycles. The van der Waals surface area contributed by atoms with E-state index in [4.69, 9.17) is 10.5 Å². The molecule has 1 aliphatic carbocycles. The molecule has 0 aromatic carbocycles. The van der Waals surface area contributed by atoms with Gasteiger partial charge in [-0.25, -0.2) is 0 Å². The van der Waals surface area contributed by atoms with Crippen LogP contribution in [-0.4, -0.2) is 28.0 Å². The molecule has 1 aromatic heterocycles. The molecular weight excluding hydrogens is 204 g/mol. The minimum atomic E-state index is -0.418. The first-order valence-electron chi connectivity index (χ1n) is 6.06. The molecule has 88 valence electrons. The van der Waals surface area contributed by atoms with Gasteiger partial charge in [-0.1, -0.05) is 12.8 Å². The molecule has 1 aromatic rings. The molecule has 2 aliphatic rings. The van der Waals surface area contributed by atoms with Crippen LogP contribution in [0.1, 0.15) is 44.0 Å². The van der Waals surface area contributed by atoms with E-state index >= 15 is 0 Å². The first kappa shape index (κ1) is 10.2. The molecule has 5 nitrogen and oxygen atoms in total. The van der Waals surface area contributed by atoms with Crippen molar-refractivity contribution in [3.8, 4) is 0 Å². The van der Waals surface area contributed by atoms with Crippen LogP contribution in [0, 0.1) is 0 Å². The Balaban J connectivity index is 1.92. The molecule has 1 unspecified atom stereocenters. The molecule has 3 rings (SSSR count). The van der Waals surface area contributed by atoms with Crippen LogP contribution >= 0.6 is 0 Å². The molecule has 1 aliphatic heterocycles. The third-order valence-electron chi connectivity index (χ3n) is 3.79. The van der Waals surface area contributed by atoms with Gasteiger partial charge in [0.1, 0.15) is 11.9 Å². The molecule has 1 saturated heterocycles. The Kier molecular flexibility index (Phi) is 2.44. The van der Waals surface area contributed by atoms with E-state index in [1.54, 1.807) is 0 Å². The molecule has 0 amide bonds. The van der Waals surface area contributed by atoms with Crippen molar-refractivity contribution in [2.24, 2.45) is 5.73 Å². The average Bonchev–Trinajstić information content (AvgIpc) is 2.98. The first-order valence-corrected chi connectivity index (χ1v) is 6.06. The number of ether oxygens (including phenoxy) is 1. The van der Waals surface area contributed by atoms with E-state index in [1.807, 2.05) is 6.33 Å². The van der Waals surface area contributed by atoms with Crippen molar-refractivity contribution < 1.29 is 4.74 Å². The summed E-state index contributed by atoms with van der Waals surface area (Å²) in [6, 6.07) is 0.547. The Bertz CT molecular complexity index is 364. The third kappa shape index (κ3) is 1.55. The first-order chi connectivity index (χ1) is 7.80. The third-order valence-corrected chi connectivity index (χ3v) is 3.79. The Labute approximate surface area is 95.0 Å². The highest BCUT2D eigenvalue weighted by atomic mass is 16.5. The summed E-state index contributed by atoms with van der Waals surface area (Å²) in [5.41, 5.74) is 5.93. The quantitative estimate of drug-likeness (QED) is 0.809. The van der Waals surface area contributed by atoms with Crippen LogP contribution in [0.2, 0.25) is 0 Å². The normalized spacial score (nSPS) is 31.3. The Morgan fingerprint density at radius 2 is 2.25 bits per heavy atom. The van der Waals surface area contributed by atoms with Crippen molar-refractivity contribution in [1.82, 2.24) is 14.8 Å². The van der Waals surface area contributed by atoms with Gasteiger partial charge in [-0.3, -0.25) is 0 Å². The zero-order valence-electron chi connectivity index (χ0n) is 9.43. The lowest BCUT2D eigenvalue weighted by atomic mass is 9.99. The van der Waals surface area contributed by atoms with Gasteiger partial charge in [0.05, 0.1) is 6.61 Å². The Morgan fingerprint density at radius 1 is 1.44 bits per heavy atom.